The lowest BCUT2D eigenvalue weighted by molar-refractivity contribution is 0.0527. The van der Waals surface area contributed by atoms with Crippen LogP contribution >= 0.6 is 0 Å². The fourth-order valence-electron chi connectivity index (χ4n) is 4.07. The molecule has 2 heterocycles. The van der Waals surface area contributed by atoms with Crippen LogP contribution in [-0.2, 0) is 4.74 Å². The van der Waals surface area contributed by atoms with Gasteiger partial charge in [-0.25, -0.2) is 9.78 Å². The highest BCUT2D eigenvalue weighted by Gasteiger charge is 2.23. The molecule has 5 aromatic rings. The van der Waals surface area contributed by atoms with E-state index in [1.807, 2.05) is 79.7 Å². The molecule has 0 aliphatic rings. The monoisotopic (exact) mass is 476 g/mol. The summed E-state index contributed by atoms with van der Waals surface area (Å²) in [6, 6.07) is 26.8. The standard InChI is InChI=1S/C29H24N4O3/c1-3-36-29(35)24-18-30-33(26-17-19(2)23-11-7-8-12-25(23)31-26)27(24)32-28(34)22-15-13-21(14-16-22)20-9-5-4-6-10-20/h4-18H,3H2,1-2H3,(H,32,34). The van der Waals surface area contributed by atoms with E-state index in [1.54, 1.807) is 19.1 Å². The normalized spacial score (nSPS) is 10.8. The first-order valence-electron chi connectivity index (χ1n) is 11.6. The van der Waals surface area contributed by atoms with E-state index in [-0.39, 0.29) is 23.9 Å². The van der Waals surface area contributed by atoms with Crippen LogP contribution in [0.25, 0.3) is 27.8 Å². The summed E-state index contributed by atoms with van der Waals surface area (Å²) < 4.78 is 6.66. The van der Waals surface area contributed by atoms with E-state index in [0.29, 0.717) is 11.4 Å². The number of nitrogens with one attached hydrogen (secondary N) is 1. The Hall–Kier alpha value is -4.78. The number of pyridine rings is 1. The summed E-state index contributed by atoms with van der Waals surface area (Å²) in [5, 5.41) is 8.25. The fraction of sp³-hybridized carbons (Fsp3) is 0.103. The third-order valence-corrected chi connectivity index (χ3v) is 5.88. The molecule has 0 saturated carbocycles. The van der Waals surface area contributed by atoms with Gasteiger partial charge in [-0.2, -0.15) is 9.78 Å². The Labute approximate surface area is 208 Å². The van der Waals surface area contributed by atoms with E-state index in [9.17, 15) is 9.59 Å². The van der Waals surface area contributed by atoms with Crippen molar-refractivity contribution in [3.63, 3.8) is 0 Å². The number of benzene rings is 3. The first-order valence-corrected chi connectivity index (χ1v) is 11.6. The summed E-state index contributed by atoms with van der Waals surface area (Å²) in [5.41, 5.74) is 4.44. The Morgan fingerprint density at radius 2 is 1.61 bits per heavy atom. The highest BCUT2D eigenvalue weighted by atomic mass is 16.5. The molecule has 0 bridgehead atoms. The van der Waals surface area contributed by atoms with Crippen molar-refractivity contribution in [2.24, 2.45) is 0 Å². The van der Waals surface area contributed by atoms with Crippen LogP contribution in [0.3, 0.4) is 0 Å². The van der Waals surface area contributed by atoms with Crippen LogP contribution in [0.4, 0.5) is 5.82 Å². The second-order valence-corrected chi connectivity index (χ2v) is 8.25. The molecular formula is C29H24N4O3. The van der Waals surface area contributed by atoms with Gasteiger partial charge in [-0.1, -0.05) is 60.7 Å². The largest absolute Gasteiger partial charge is 0.462 e. The molecule has 5 rings (SSSR count). The van der Waals surface area contributed by atoms with Gasteiger partial charge in [0.25, 0.3) is 5.91 Å². The number of hydrogen-bond acceptors (Lipinski definition) is 5. The van der Waals surface area contributed by atoms with Crippen molar-refractivity contribution in [2.75, 3.05) is 11.9 Å². The predicted molar refractivity (Wildman–Crippen MR) is 139 cm³/mol. The molecule has 2 aromatic heterocycles. The molecule has 7 heteroatoms. The molecule has 0 fully saturated rings. The minimum Gasteiger partial charge on any atom is -0.462 e. The third kappa shape index (κ3) is 4.46. The number of fused-ring (bicyclic) bond motifs is 1. The molecule has 0 unspecified atom stereocenters. The van der Waals surface area contributed by atoms with Gasteiger partial charge in [0.1, 0.15) is 5.56 Å². The van der Waals surface area contributed by atoms with Crippen molar-refractivity contribution in [1.82, 2.24) is 14.8 Å². The number of nitrogens with zero attached hydrogens (tertiary/aromatic N) is 3. The van der Waals surface area contributed by atoms with Crippen LogP contribution in [0.2, 0.25) is 0 Å². The number of esters is 1. The number of carbonyl (C=O) groups excluding carboxylic acids is 2. The highest BCUT2D eigenvalue weighted by molar-refractivity contribution is 6.07. The molecule has 1 amide bonds. The molecule has 0 spiro atoms. The lowest BCUT2D eigenvalue weighted by Gasteiger charge is -2.12. The zero-order valence-electron chi connectivity index (χ0n) is 19.9. The van der Waals surface area contributed by atoms with E-state index in [1.165, 1.54) is 10.9 Å². The van der Waals surface area contributed by atoms with Crippen molar-refractivity contribution in [2.45, 2.75) is 13.8 Å². The predicted octanol–water partition coefficient (Wildman–Crippen LogP) is 5.82. The molecule has 178 valence electrons. The average molecular weight is 477 g/mol. The second kappa shape index (κ2) is 9.84. The van der Waals surface area contributed by atoms with E-state index >= 15 is 0 Å². The van der Waals surface area contributed by atoms with Crippen LogP contribution in [0.15, 0.2) is 91.1 Å². The second-order valence-electron chi connectivity index (χ2n) is 8.25. The molecule has 0 aliphatic carbocycles. The van der Waals surface area contributed by atoms with Crippen molar-refractivity contribution in [3.8, 4) is 16.9 Å². The number of para-hydroxylation sites is 1. The maximum absolute atomic E-state index is 13.2. The van der Waals surface area contributed by atoms with Gasteiger partial charge >= 0.3 is 5.97 Å². The van der Waals surface area contributed by atoms with Crippen LogP contribution < -0.4 is 5.32 Å². The lowest BCUT2D eigenvalue weighted by atomic mass is 10.0. The number of anilines is 1. The van der Waals surface area contributed by atoms with E-state index in [0.717, 1.165) is 27.6 Å². The maximum atomic E-state index is 13.2. The molecule has 36 heavy (non-hydrogen) atoms. The Bertz CT molecular complexity index is 1560. The molecular weight excluding hydrogens is 452 g/mol. The SMILES string of the molecule is CCOC(=O)c1cnn(-c2cc(C)c3ccccc3n2)c1NC(=O)c1ccc(-c2ccccc2)cc1. The van der Waals surface area contributed by atoms with Crippen LogP contribution in [0.1, 0.15) is 33.2 Å². The smallest absolute Gasteiger partial charge is 0.343 e. The van der Waals surface area contributed by atoms with Crippen LogP contribution in [-0.4, -0.2) is 33.2 Å². The van der Waals surface area contributed by atoms with Gasteiger partial charge in [-0.15, -0.1) is 0 Å². The molecule has 3 aromatic carbocycles. The van der Waals surface area contributed by atoms with Gasteiger partial charge in [0.2, 0.25) is 0 Å². The first-order chi connectivity index (χ1) is 17.5. The van der Waals surface area contributed by atoms with Crippen molar-refractivity contribution in [1.29, 1.82) is 0 Å². The van der Waals surface area contributed by atoms with Crippen LogP contribution in [0.5, 0.6) is 0 Å². The summed E-state index contributed by atoms with van der Waals surface area (Å²) in [7, 11) is 0. The van der Waals surface area contributed by atoms with E-state index in [4.69, 9.17) is 9.72 Å². The average Bonchev–Trinajstić information content (AvgIpc) is 3.33. The number of hydrogen-bond donors (Lipinski definition) is 1. The summed E-state index contributed by atoms with van der Waals surface area (Å²) in [4.78, 5) is 30.6. The molecule has 0 aliphatic heterocycles. The number of ether oxygens (including phenoxy) is 1. The number of carbonyl (C=O) groups is 2. The Morgan fingerprint density at radius 1 is 0.917 bits per heavy atom. The van der Waals surface area contributed by atoms with Crippen LogP contribution in [0, 0.1) is 6.92 Å². The minimum absolute atomic E-state index is 0.152. The van der Waals surface area contributed by atoms with Gasteiger partial charge in [-0.3, -0.25) is 4.79 Å². The number of amides is 1. The Balaban J connectivity index is 1.51. The summed E-state index contributed by atoms with van der Waals surface area (Å²) in [6.45, 7) is 3.91. The van der Waals surface area contributed by atoms with Crippen molar-refractivity contribution >= 4 is 28.6 Å². The van der Waals surface area contributed by atoms with Crippen molar-refractivity contribution < 1.29 is 14.3 Å². The maximum Gasteiger partial charge on any atom is 0.343 e. The van der Waals surface area contributed by atoms with Crippen molar-refractivity contribution in [3.05, 3.63) is 108 Å². The van der Waals surface area contributed by atoms with E-state index in [2.05, 4.69) is 10.4 Å². The van der Waals surface area contributed by atoms with Gasteiger partial charge in [0.05, 0.1) is 18.3 Å². The molecule has 0 saturated heterocycles. The summed E-state index contributed by atoms with van der Waals surface area (Å²) in [6.07, 6.45) is 1.39. The first kappa shape index (κ1) is 23.0. The zero-order valence-corrected chi connectivity index (χ0v) is 19.9. The molecule has 0 atom stereocenters. The minimum atomic E-state index is -0.573. The molecule has 7 nitrogen and oxygen atoms in total. The third-order valence-electron chi connectivity index (χ3n) is 5.88. The number of aromatic nitrogens is 3. The molecule has 0 radical (unpaired) electrons. The number of rotatable bonds is 6. The highest BCUT2D eigenvalue weighted by Crippen LogP contribution is 2.25. The summed E-state index contributed by atoms with van der Waals surface area (Å²) in [5.74, 6) is -0.264. The zero-order chi connectivity index (χ0) is 25.1. The van der Waals surface area contributed by atoms with Gasteiger partial charge < -0.3 is 10.1 Å². The number of aryl methyl sites for hydroxylation is 1. The topological polar surface area (TPSA) is 86.1 Å². The van der Waals surface area contributed by atoms with E-state index < -0.39 is 5.97 Å². The van der Waals surface area contributed by atoms with Gasteiger partial charge in [0, 0.05) is 10.9 Å². The van der Waals surface area contributed by atoms with Gasteiger partial charge in [-0.05, 0) is 54.8 Å². The Kier molecular flexibility index (Phi) is 6.28. The quantitative estimate of drug-likeness (QED) is 0.312. The summed E-state index contributed by atoms with van der Waals surface area (Å²) >= 11 is 0. The molecule has 1 N–H and O–H groups in total. The van der Waals surface area contributed by atoms with Gasteiger partial charge in [0.15, 0.2) is 11.6 Å². The lowest BCUT2D eigenvalue weighted by Crippen LogP contribution is -2.18. The Morgan fingerprint density at radius 3 is 2.36 bits per heavy atom. The fourth-order valence-corrected chi connectivity index (χ4v) is 4.07.